The van der Waals surface area contributed by atoms with Crippen molar-refractivity contribution in [2.24, 2.45) is 0 Å². The van der Waals surface area contributed by atoms with Crippen molar-refractivity contribution in [3.63, 3.8) is 0 Å². The smallest absolute Gasteiger partial charge is 0.337 e. The van der Waals surface area contributed by atoms with Gasteiger partial charge in [-0.05, 0) is 61.2 Å². The Morgan fingerprint density at radius 1 is 1.21 bits per heavy atom. The Bertz CT molecular complexity index is 838. The molecule has 2 aromatic carbocycles. The summed E-state index contributed by atoms with van der Waals surface area (Å²) in [4.78, 5) is 25.6. The Hall–Kier alpha value is -2.73. The third kappa shape index (κ3) is 5.87. The van der Waals surface area contributed by atoms with Gasteiger partial charge in [-0.1, -0.05) is 24.3 Å². The van der Waals surface area contributed by atoms with E-state index in [-0.39, 0.29) is 23.7 Å². The lowest BCUT2D eigenvalue weighted by molar-refractivity contribution is -0.129. The number of likely N-dealkylation sites (tertiary alicyclic amines) is 1. The first-order valence-electron chi connectivity index (χ1n) is 9.98. The molecule has 1 heterocycles. The third-order valence-electron chi connectivity index (χ3n) is 5.34. The van der Waals surface area contributed by atoms with Crippen molar-refractivity contribution in [1.82, 2.24) is 10.2 Å². The van der Waals surface area contributed by atoms with Gasteiger partial charge < -0.3 is 15.0 Å². The number of halogens is 1. The highest BCUT2D eigenvalue weighted by atomic mass is 19.1. The third-order valence-corrected chi connectivity index (χ3v) is 5.34. The van der Waals surface area contributed by atoms with Gasteiger partial charge in [-0.25, -0.2) is 9.18 Å². The van der Waals surface area contributed by atoms with Gasteiger partial charge in [0.1, 0.15) is 5.82 Å². The van der Waals surface area contributed by atoms with Crippen molar-refractivity contribution < 1.29 is 18.7 Å². The van der Waals surface area contributed by atoms with E-state index in [1.165, 1.54) is 19.2 Å². The van der Waals surface area contributed by atoms with Gasteiger partial charge in [0.25, 0.3) is 0 Å². The van der Waals surface area contributed by atoms with Crippen LogP contribution in [0.3, 0.4) is 0 Å². The monoisotopic (exact) mass is 398 g/mol. The summed E-state index contributed by atoms with van der Waals surface area (Å²) in [6.07, 6.45) is 3.01. The fraction of sp³-hybridized carbons (Fsp3) is 0.391. The molecule has 0 bridgehead atoms. The molecular formula is C23H27FN2O3. The quantitative estimate of drug-likeness (QED) is 0.520. The average Bonchev–Trinajstić information content (AvgIpc) is 3.09. The van der Waals surface area contributed by atoms with Crippen LogP contribution in [0.4, 0.5) is 4.39 Å². The van der Waals surface area contributed by atoms with Crippen LogP contribution < -0.4 is 5.32 Å². The molecule has 1 fully saturated rings. The highest BCUT2D eigenvalue weighted by molar-refractivity contribution is 5.89. The number of benzene rings is 2. The van der Waals surface area contributed by atoms with E-state index in [2.05, 4.69) is 5.32 Å². The molecular weight excluding hydrogens is 371 g/mol. The highest BCUT2D eigenvalue weighted by Gasteiger charge is 2.29. The molecule has 0 unspecified atom stereocenters. The standard InChI is InChI=1S/C23H27FN2O3/c1-29-23(28)19-7-5-18(6-8-19)16-25-13-11-21-9-10-22(27)26(21)14-12-17-3-2-4-20(24)15-17/h2-8,15,21,25H,9-14,16H2,1H3/t21-/m1/s1. The predicted octanol–water partition coefficient (Wildman–Crippen LogP) is 3.33. The maximum Gasteiger partial charge on any atom is 0.337 e. The number of hydrogen-bond donors (Lipinski definition) is 1. The van der Waals surface area contributed by atoms with Gasteiger partial charge in [-0.2, -0.15) is 0 Å². The molecule has 0 aromatic heterocycles. The van der Waals surface area contributed by atoms with E-state index < -0.39 is 0 Å². The lowest BCUT2D eigenvalue weighted by Crippen LogP contribution is -2.36. The molecule has 1 amide bonds. The molecule has 1 N–H and O–H groups in total. The maximum absolute atomic E-state index is 13.3. The van der Waals surface area contributed by atoms with Crippen LogP contribution in [-0.4, -0.2) is 43.0 Å². The van der Waals surface area contributed by atoms with Crippen LogP contribution in [0.2, 0.25) is 0 Å². The molecule has 1 saturated heterocycles. The molecule has 0 radical (unpaired) electrons. The molecule has 6 heteroatoms. The molecule has 0 saturated carbocycles. The van der Waals surface area contributed by atoms with Gasteiger partial charge in [-0.15, -0.1) is 0 Å². The van der Waals surface area contributed by atoms with Gasteiger partial charge in [-0.3, -0.25) is 4.79 Å². The summed E-state index contributed by atoms with van der Waals surface area (Å²) < 4.78 is 18.0. The van der Waals surface area contributed by atoms with Crippen LogP contribution in [0.5, 0.6) is 0 Å². The number of ether oxygens (including phenoxy) is 1. The van der Waals surface area contributed by atoms with E-state index in [1.807, 2.05) is 23.1 Å². The number of methoxy groups -OCH3 is 1. The van der Waals surface area contributed by atoms with Crippen molar-refractivity contribution in [2.45, 2.75) is 38.3 Å². The maximum atomic E-state index is 13.3. The van der Waals surface area contributed by atoms with Crippen molar-refractivity contribution in [2.75, 3.05) is 20.2 Å². The Morgan fingerprint density at radius 3 is 2.72 bits per heavy atom. The number of hydrogen-bond acceptors (Lipinski definition) is 4. The number of nitrogens with zero attached hydrogens (tertiary/aromatic N) is 1. The van der Waals surface area contributed by atoms with Gasteiger partial charge >= 0.3 is 5.97 Å². The Morgan fingerprint density at radius 2 is 2.00 bits per heavy atom. The first kappa shape index (κ1) is 21.0. The van der Waals surface area contributed by atoms with Crippen LogP contribution in [0.1, 0.15) is 40.7 Å². The number of carbonyl (C=O) groups is 2. The van der Waals surface area contributed by atoms with Crippen molar-refractivity contribution in [1.29, 1.82) is 0 Å². The summed E-state index contributed by atoms with van der Waals surface area (Å²) in [7, 11) is 1.37. The molecule has 3 rings (SSSR count). The molecule has 1 atom stereocenters. The summed E-state index contributed by atoms with van der Waals surface area (Å²) in [5, 5.41) is 3.40. The number of rotatable bonds is 9. The first-order chi connectivity index (χ1) is 14.1. The van der Waals surface area contributed by atoms with Crippen molar-refractivity contribution in [3.8, 4) is 0 Å². The molecule has 1 aliphatic heterocycles. The van der Waals surface area contributed by atoms with Gasteiger partial charge in [0.05, 0.1) is 12.7 Å². The van der Waals surface area contributed by atoms with Crippen LogP contribution in [0.25, 0.3) is 0 Å². The number of amides is 1. The topological polar surface area (TPSA) is 58.6 Å². The van der Waals surface area contributed by atoms with Crippen LogP contribution >= 0.6 is 0 Å². The van der Waals surface area contributed by atoms with Gasteiger partial charge in [0, 0.05) is 25.6 Å². The van der Waals surface area contributed by atoms with Crippen molar-refractivity contribution in [3.05, 3.63) is 71.0 Å². The van der Waals surface area contributed by atoms with E-state index in [0.29, 0.717) is 31.5 Å². The fourth-order valence-corrected chi connectivity index (χ4v) is 3.72. The number of esters is 1. The second kappa shape index (κ2) is 10.2. The summed E-state index contributed by atoms with van der Waals surface area (Å²) in [6, 6.07) is 14.1. The zero-order valence-electron chi connectivity index (χ0n) is 16.7. The summed E-state index contributed by atoms with van der Waals surface area (Å²) in [5.41, 5.74) is 2.54. The number of carbonyl (C=O) groups excluding carboxylic acids is 2. The minimum absolute atomic E-state index is 0.185. The van der Waals surface area contributed by atoms with Crippen LogP contribution in [0.15, 0.2) is 48.5 Å². The summed E-state index contributed by atoms with van der Waals surface area (Å²) in [6.45, 7) is 2.13. The molecule has 2 aromatic rings. The lowest BCUT2D eigenvalue weighted by atomic mass is 10.1. The van der Waals surface area contributed by atoms with E-state index in [0.717, 1.165) is 30.5 Å². The van der Waals surface area contributed by atoms with Gasteiger partial charge in [0.2, 0.25) is 5.91 Å². The fourth-order valence-electron chi connectivity index (χ4n) is 3.72. The normalized spacial score (nSPS) is 16.3. The lowest BCUT2D eigenvalue weighted by Gasteiger charge is -2.25. The second-order valence-corrected chi connectivity index (χ2v) is 7.31. The average molecular weight is 398 g/mol. The molecule has 154 valence electrons. The summed E-state index contributed by atoms with van der Waals surface area (Å²) in [5.74, 6) is -0.394. The Balaban J connectivity index is 1.43. The minimum Gasteiger partial charge on any atom is -0.465 e. The highest BCUT2D eigenvalue weighted by Crippen LogP contribution is 2.22. The molecule has 0 aliphatic carbocycles. The largest absolute Gasteiger partial charge is 0.465 e. The summed E-state index contributed by atoms with van der Waals surface area (Å²) >= 11 is 0. The predicted molar refractivity (Wildman–Crippen MR) is 109 cm³/mol. The van der Waals surface area contributed by atoms with E-state index in [4.69, 9.17) is 4.74 Å². The molecule has 29 heavy (non-hydrogen) atoms. The van der Waals surface area contributed by atoms with E-state index in [9.17, 15) is 14.0 Å². The Labute approximate surface area is 170 Å². The zero-order valence-corrected chi connectivity index (χ0v) is 16.7. The molecule has 1 aliphatic rings. The van der Waals surface area contributed by atoms with Gasteiger partial charge in [0.15, 0.2) is 0 Å². The molecule has 5 nitrogen and oxygen atoms in total. The number of nitrogens with one attached hydrogen (secondary N) is 1. The first-order valence-corrected chi connectivity index (χ1v) is 9.98. The van der Waals surface area contributed by atoms with Crippen molar-refractivity contribution >= 4 is 11.9 Å². The zero-order chi connectivity index (χ0) is 20.6. The van der Waals surface area contributed by atoms with Crippen LogP contribution in [0, 0.1) is 5.82 Å². The SMILES string of the molecule is COC(=O)c1ccc(CNCC[C@H]2CCC(=O)N2CCc2cccc(F)c2)cc1. The van der Waals surface area contributed by atoms with Crippen LogP contribution in [-0.2, 0) is 22.5 Å². The van der Waals surface area contributed by atoms with E-state index in [1.54, 1.807) is 18.2 Å². The minimum atomic E-state index is -0.339. The second-order valence-electron chi connectivity index (χ2n) is 7.31. The Kier molecular flexibility index (Phi) is 7.36. The van der Waals surface area contributed by atoms with E-state index >= 15 is 0 Å². The molecule has 0 spiro atoms.